The monoisotopic (exact) mass is 423 g/mol. The Kier molecular flexibility index (Phi) is 6.46. The molecule has 5 heteroatoms. The quantitative estimate of drug-likeness (QED) is 0.409. The van der Waals surface area contributed by atoms with Gasteiger partial charge in [-0.3, -0.25) is 9.59 Å². The first-order valence-electron chi connectivity index (χ1n) is 10.6. The van der Waals surface area contributed by atoms with Crippen molar-refractivity contribution in [3.63, 3.8) is 0 Å². The predicted octanol–water partition coefficient (Wildman–Crippen LogP) is 5.56. The average molecular weight is 424 g/mol. The first kappa shape index (κ1) is 21.1. The molecule has 0 spiro atoms. The van der Waals surface area contributed by atoms with Gasteiger partial charge >= 0.3 is 0 Å². The van der Waals surface area contributed by atoms with Crippen LogP contribution < -0.4 is 15.5 Å². The summed E-state index contributed by atoms with van der Waals surface area (Å²) in [6.45, 7) is 2.66. The van der Waals surface area contributed by atoms with E-state index in [9.17, 15) is 9.59 Å². The zero-order chi connectivity index (χ0) is 22.3. The molecule has 32 heavy (non-hydrogen) atoms. The molecule has 0 atom stereocenters. The van der Waals surface area contributed by atoms with Gasteiger partial charge in [-0.2, -0.15) is 0 Å². The normalized spacial score (nSPS) is 10.5. The van der Waals surface area contributed by atoms with Crippen LogP contribution in [0.5, 0.6) is 0 Å². The Balaban J connectivity index is 1.38. The van der Waals surface area contributed by atoms with Crippen LogP contribution in [0.25, 0.3) is 10.8 Å². The number of fused-ring (bicyclic) bond motifs is 1. The summed E-state index contributed by atoms with van der Waals surface area (Å²) in [5.74, 6) is -0.231. The Hall–Kier alpha value is -4.12. The maximum atomic E-state index is 12.9. The number of carbonyl (C=O) groups is 2. The second kappa shape index (κ2) is 9.79. The molecule has 0 aliphatic heterocycles. The van der Waals surface area contributed by atoms with E-state index in [2.05, 4.69) is 10.6 Å². The SMILES string of the molecule is CCN(C(=O)c1ccc(NC(=O)CNc2cccc3ccccc23)cc1)c1ccccc1. The summed E-state index contributed by atoms with van der Waals surface area (Å²) < 4.78 is 0. The fourth-order valence-electron chi connectivity index (χ4n) is 3.66. The lowest BCUT2D eigenvalue weighted by molar-refractivity contribution is -0.114. The van der Waals surface area contributed by atoms with Gasteiger partial charge in [0.2, 0.25) is 5.91 Å². The molecule has 4 aromatic rings. The van der Waals surface area contributed by atoms with E-state index in [1.54, 1.807) is 29.2 Å². The highest BCUT2D eigenvalue weighted by Gasteiger charge is 2.16. The lowest BCUT2D eigenvalue weighted by Gasteiger charge is -2.21. The molecule has 5 nitrogen and oxygen atoms in total. The Morgan fingerprint density at radius 2 is 1.47 bits per heavy atom. The third-order valence-corrected chi connectivity index (χ3v) is 5.27. The maximum Gasteiger partial charge on any atom is 0.258 e. The Morgan fingerprint density at radius 3 is 2.22 bits per heavy atom. The molecule has 0 aliphatic rings. The lowest BCUT2D eigenvalue weighted by atomic mass is 10.1. The fraction of sp³-hybridized carbons (Fsp3) is 0.111. The number of amides is 2. The Bertz CT molecular complexity index is 1220. The van der Waals surface area contributed by atoms with E-state index in [0.717, 1.165) is 22.1 Å². The number of hydrogen-bond donors (Lipinski definition) is 2. The van der Waals surface area contributed by atoms with Crippen LogP contribution in [0, 0.1) is 0 Å². The number of para-hydroxylation sites is 1. The molecule has 160 valence electrons. The molecule has 2 N–H and O–H groups in total. The van der Waals surface area contributed by atoms with Gasteiger partial charge in [0.1, 0.15) is 0 Å². The van der Waals surface area contributed by atoms with Gasteiger partial charge < -0.3 is 15.5 Å². The van der Waals surface area contributed by atoms with Gasteiger partial charge in [-0.25, -0.2) is 0 Å². The van der Waals surface area contributed by atoms with E-state index in [0.29, 0.717) is 17.8 Å². The van der Waals surface area contributed by atoms with E-state index in [4.69, 9.17) is 0 Å². The molecule has 0 fully saturated rings. The van der Waals surface area contributed by atoms with Crippen LogP contribution in [0.15, 0.2) is 97.1 Å². The molecule has 0 aromatic heterocycles. The molecular formula is C27H25N3O2. The van der Waals surface area contributed by atoms with Crippen LogP contribution >= 0.6 is 0 Å². The molecule has 0 saturated carbocycles. The molecule has 4 rings (SSSR count). The van der Waals surface area contributed by atoms with Crippen molar-refractivity contribution in [3.05, 3.63) is 103 Å². The lowest BCUT2D eigenvalue weighted by Crippen LogP contribution is -2.30. The number of benzene rings is 4. The second-order valence-corrected chi connectivity index (χ2v) is 7.39. The van der Waals surface area contributed by atoms with E-state index in [1.165, 1.54) is 0 Å². The highest BCUT2D eigenvalue weighted by atomic mass is 16.2. The van der Waals surface area contributed by atoms with E-state index in [-0.39, 0.29) is 18.4 Å². The molecule has 0 saturated heterocycles. The number of hydrogen-bond acceptors (Lipinski definition) is 3. The van der Waals surface area contributed by atoms with Crippen molar-refractivity contribution in [2.75, 3.05) is 28.6 Å². The topological polar surface area (TPSA) is 61.4 Å². The molecule has 2 amide bonds. The van der Waals surface area contributed by atoms with Crippen LogP contribution in [-0.2, 0) is 4.79 Å². The van der Waals surface area contributed by atoms with Gasteiger partial charge in [0.05, 0.1) is 6.54 Å². The smallest absolute Gasteiger partial charge is 0.258 e. The van der Waals surface area contributed by atoms with Crippen molar-refractivity contribution >= 4 is 39.6 Å². The molecule has 0 bridgehead atoms. The molecule has 4 aromatic carbocycles. The van der Waals surface area contributed by atoms with E-state index in [1.807, 2.05) is 79.7 Å². The number of rotatable bonds is 7. The summed E-state index contributed by atoms with van der Waals surface area (Å²) in [6, 6.07) is 30.6. The minimum absolute atomic E-state index is 0.0748. The zero-order valence-corrected chi connectivity index (χ0v) is 17.9. The van der Waals surface area contributed by atoms with Crippen LogP contribution in [0.4, 0.5) is 17.1 Å². The van der Waals surface area contributed by atoms with E-state index >= 15 is 0 Å². The number of carbonyl (C=O) groups excluding carboxylic acids is 2. The van der Waals surface area contributed by atoms with Gasteiger partial charge in [-0.15, -0.1) is 0 Å². The minimum Gasteiger partial charge on any atom is -0.376 e. The van der Waals surface area contributed by atoms with Crippen LogP contribution in [-0.4, -0.2) is 24.9 Å². The standard InChI is InChI=1S/C27H25N3O2/c1-2-30(23-11-4-3-5-12-23)27(32)21-15-17-22(18-16-21)29-26(31)19-28-25-14-8-10-20-9-6-7-13-24(20)25/h3-18,28H,2,19H2,1H3,(H,29,31). The van der Waals surface area contributed by atoms with Gasteiger partial charge in [-0.05, 0) is 54.8 Å². The zero-order valence-electron chi connectivity index (χ0n) is 17.9. The van der Waals surface area contributed by atoms with Crippen molar-refractivity contribution in [1.29, 1.82) is 0 Å². The fourth-order valence-corrected chi connectivity index (χ4v) is 3.66. The molecule has 0 radical (unpaired) electrons. The van der Waals surface area contributed by atoms with Gasteiger partial charge in [0, 0.05) is 34.6 Å². The molecule has 0 aliphatic carbocycles. The number of anilines is 3. The highest BCUT2D eigenvalue weighted by Crippen LogP contribution is 2.23. The average Bonchev–Trinajstić information content (AvgIpc) is 2.84. The van der Waals surface area contributed by atoms with Crippen molar-refractivity contribution in [2.24, 2.45) is 0 Å². The van der Waals surface area contributed by atoms with Crippen LogP contribution in [0.3, 0.4) is 0 Å². The van der Waals surface area contributed by atoms with Crippen molar-refractivity contribution in [2.45, 2.75) is 6.92 Å². The summed E-state index contributed by atoms with van der Waals surface area (Å²) in [5.41, 5.74) is 2.99. The van der Waals surface area contributed by atoms with Gasteiger partial charge in [0.25, 0.3) is 5.91 Å². The molecule has 0 unspecified atom stereocenters. The summed E-state index contributed by atoms with van der Waals surface area (Å²) in [4.78, 5) is 27.1. The van der Waals surface area contributed by atoms with Crippen molar-refractivity contribution < 1.29 is 9.59 Å². The van der Waals surface area contributed by atoms with Crippen LogP contribution in [0.2, 0.25) is 0 Å². The maximum absolute atomic E-state index is 12.9. The highest BCUT2D eigenvalue weighted by molar-refractivity contribution is 6.06. The number of nitrogens with one attached hydrogen (secondary N) is 2. The largest absolute Gasteiger partial charge is 0.376 e. The summed E-state index contributed by atoms with van der Waals surface area (Å²) in [7, 11) is 0. The van der Waals surface area contributed by atoms with Crippen molar-refractivity contribution in [1.82, 2.24) is 0 Å². The van der Waals surface area contributed by atoms with Crippen LogP contribution in [0.1, 0.15) is 17.3 Å². The number of nitrogens with zero attached hydrogens (tertiary/aromatic N) is 1. The summed E-state index contributed by atoms with van der Waals surface area (Å²) >= 11 is 0. The second-order valence-electron chi connectivity index (χ2n) is 7.39. The molecular weight excluding hydrogens is 398 g/mol. The first-order valence-corrected chi connectivity index (χ1v) is 10.6. The van der Waals surface area contributed by atoms with Crippen molar-refractivity contribution in [3.8, 4) is 0 Å². The van der Waals surface area contributed by atoms with Gasteiger partial charge in [-0.1, -0.05) is 54.6 Å². The Morgan fingerprint density at radius 1 is 0.781 bits per heavy atom. The summed E-state index contributed by atoms with van der Waals surface area (Å²) in [6.07, 6.45) is 0. The molecule has 0 heterocycles. The van der Waals surface area contributed by atoms with Gasteiger partial charge in [0.15, 0.2) is 0 Å². The Labute approximate surface area is 187 Å². The third kappa shape index (κ3) is 4.78. The van der Waals surface area contributed by atoms with E-state index < -0.39 is 0 Å². The first-order chi connectivity index (χ1) is 15.7. The minimum atomic E-state index is -0.156. The summed E-state index contributed by atoms with van der Waals surface area (Å²) in [5, 5.41) is 8.27. The third-order valence-electron chi connectivity index (χ3n) is 5.27. The predicted molar refractivity (Wildman–Crippen MR) is 131 cm³/mol.